The predicted octanol–water partition coefficient (Wildman–Crippen LogP) is 9.94. The number of unbranched alkanes of at least 4 members (excludes halogenated alkanes) is 10. The Morgan fingerprint density at radius 2 is 1.15 bits per heavy atom. The van der Waals surface area contributed by atoms with Gasteiger partial charge in [0.1, 0.15) is 6.10 Å². The van der Waals surface area contributed by atoms with Gasteiger partial charge in [-0.1, -0.05) is 127 Å². The van der Waals surface area contributed by atoms with E-state index in [1.165, 1.54) is 80.9 Å². The van der Waals surface area contributed by atoms with Crippen LogP contribution >= 0.6 is 0 Å². The van der Waals surface area contributed by atoms with E-state index in [1.54, 1.807) is 0 Å². The second-order valence-electron chi connectivity index (χ2n) is 11.2. The molecule has 3 aromatic rings. The summed E-state index contributed by atoms with van der Waals surface area (Å²) in [6.07, 6.45) is 21.0. The summed E-state index contributed by atoms with van der Waals surface area (Å²) in [5, 5.41) is 0. The van der Waals surface area contributed by atoms with Crippen LogP contribution in [0.5, 0.6) is 0 Å². The van der Waals surface area contributed by atoms with Crippen LogP contribution in [0.3, 0.4) is 0 Å². The highest BCUT2D eigenvalue weighted by Crippen LogP contribution is 2.24. The van der Waals surface area contributed by atoms with Crippen molar-refractivity contribution < 1.29 is 9.53 Å². The fourth-order valence-corrected chi connectivity index (χ4v) is 5.09. The van der Waals surface area contributed by atoms with Gasteiger partial charge in [0.15, 0.2) is 5.82 Å². The molecule has 0 amide bonds. The molecule has 0 bridgehead atoms. The fourth-order valence-electron chi connectivity index (χ4n) is 5.09. The van der Waals surface area contributed by atoms with Crippen molar-refractivity contribution in [1.29, 1.82) is 0 Å². The van der Waals surface area contributed by atoms with E-state index in [0.717, 1.165) is 42.6 Å². The third kappa shape index (κ3) is 11.6. The second kappa shape index (κ2) is 18.4. The van der Waals surface area contributed by atoms with Crippen LogP contribution in [0, 0.1) is 0 Å². The van der Waals surface area contributed by atoms with Crippen molar-refractivity contribution in [2.45, 2.75) is 123 Å². The summed E-state index contributed by atoms with van der Waals surface area (Å²) in [6.45, 7) is 6.46. The molecule has 216 valence electrons. The Labute approximate surface area is 243 Å². The van der Waals surface area contributed by atoms with Crippen LogP contribution < -0.4 is 0 Å². The summed E-state index contributed by atoms with van der Waals surface area (Å²) in [7, 11) is 0. The molecule has 1 unspecified atom stereocenters. The maximum atomic E-state index is 12.2. The molecule has 1 heterocycles. The third-order valence-electron chi connectivity index (χ3n) is 7.54. The molecule has 3 rings (SSSR count). The molecule has 1 aromatic heterocycles. The second-order valence-corrected chi connectivity index (χ2v) is 11.2. The van der Waals surface area contributed by atoms with E-state index in [4.69, 9.17) is 4.74 Å². The quantitative estimate of drug-likeness (QED) is 0.112. The van der Waals surface area contributed by atoms with Gasteiger partial charge in [-0.25, -0.2) is 9.97 Å². The first kappa shape index (κ1) is 31.5. The predicted molar refractivity (Wildman–Crippen MR) is 167 cm³/mol. The maximum Gasteiger partial charge on any atom is 0.306 e. The SMILES string of the molecule is CCCCCCCCC(=O)OC(C)Cc1ccc(-c2ccc(-c3ncc(CCCCCCCC)cn3)cc2)cc1. The molecule has 0 fully saturated rings. The molecule has 4 nitrogen and oxygen atoms in total. The lowest BCUT2D eigenvalue weighted by Gasteiger charge is -2.14. The lowest BCUT2D eigenvalue weighted by atomic mass is 10.0. The first-order valence-corrected chi connectivity index (χ1v) is 15.8. The van der Waals surface area contributed by atoms with E-state index in [-0.39, 0.29) is 12.1 Å². The van der Waals surface area contributed by atoms with Gasteiger partial charge in [-0.2, -0.15) is 0 Å². The molecule has 2 aromatic carbocycles. The topological polar surface area (TPSA) is 52.1 Å². The normalized spacial score (nSPS) is 11.9. The summed E-state index contributed by atoms with van der Waals surface area (Å²) in [4.78, 5) is 21.4. The summed E-state index contributed by atoms with van der Waals surface area (Å²) in [5.41, 5.74) is 5.75. The van der Waals surface area contributed by atoms with Crippen LogP contribution in [0.1, 0.15) is 115 Å². The highest BCUT2D eigenvalue weighted by molar-refractivity contribution is 5.69. The van der Waals surface area contributed by atoms with E-state index in [9.17, 15) is 4.79 Å². The number of carbonyl (C=O) groups excluding carboxylic acids is 1. The number of aromatic nitrogens is 2. The zero-order valence-corrected chi connectivity index (χ0v) is 25.2. The fraction of sp³-hybridized carbons (Fsp3) is 0.528. The smallest absolute Gasteiger partial charge is 0.306 e. The van der Waals surface area contributed by atoms with Crippen molar-refractivity contribution in [3.05, 3.63) is 72.1 Å². The standard InChI is InChI=1S/C36H50N2O2/c1-4-6-8-10-12-14-16-31-27-37-36(38-28-31)34-24-22-33(23-25-34)32-20-18-30(19-21-32)26-29(3)40-35(39)17-15-13-11-9-7-5-2/h18-25,27-29H,4-17,26H2,1-3H3. The lowest BCUT2D eigenvalue weighted by molar-refractivity contribution is -0.148. The van der Waals surface area contributed by atoms with Crippen molar-refractivity contribution in [3.8, 4) is 22.5 Å². The van der Waals surface area contributed by atoms with Crippen molar-refractivity contribution in [2.75, 3.05) is 0 Å². The Morgan fingerprint density at radius 3 is 1.75 bits per heavy atom. The molecule has 0 aliphatic carbocycles. The van der Waals surface area contributed by atoms with Gasteiger partial charge in [-0.3, -0.25) is 4.79 Å². The van der Waals surface area contributed by atoms with Crippen LogP contribution in [0.2, 0.25) is 0 Å². The van der Waals surface area contributed by atoms with Crippen LogP contribution in [-0.4, -0.2) is 22.0 Å². The summed E-state index contributed by atoms with van der Waals surface area (Å²) >= 11 is 0. The highest BCUT2D eigenvalue weighted by atomic mass is 16.5. The van der Waals surface area contributed by atoms with Gasteiger partial charge in [0.25, 0.3) is 0 Å². The van der Waals surface area contributed by atoms with E-state index in [1.807, 2.05) is 19.3 Å². The van der Waals surface area contributed by atoms with Crippen molar-refractivity contribution >= 4 is 5.97 Å². The first-order valence-electron chi connectivity index (χ1n) is 15.8. The number of benzene rings is 2. The zero-order chi connectivity index (χ0) is 28.4. The number of nitrogens with zero attached hydrogens (tertiary/aromatic N) is 2. The van der Waals surface area contributed by atoms with Crippen LogP contribution in [0.15, 0.2) is 60.9 Å². The minimum Gasteiger partial charge on any atom is -0.462 e. The third-order valence-corrected chi connectivity index (χ3v) is 7.54. The van der Waals surface area contributed by atoms with Crippen molar-refractivity contribution in [1.82, 2.24) is 9.97 Å². The lowest BCUT2D eigenvalue weighted by Crippen LogP contribution is -2.17. The van der Waals surface area contributed by atoms with E-state index in [0.29, 0.717) is 6.42 Å². The average molecular weight is 543 g/mol. The summed E-state index contributed by atoms with van der Waals surface area (Å²) in [6, 6.07) is 17.0. The van der Waals surface area contributed by atoms with Gasteiger partial charge < -0.3 is 4.74 Å². The molecule has 0 saturated heterocycles. The number of aryl methyl sites for hydroxylation is 1. The van der Waals surface area contributed by atoms with E-state index in [2.05, 4.69) is 72.3 Å². The Hall–Kier alpha value is -3.01. The Balaban J connectivity index is 1.42. The van der Waals surface area contributed by atoms with Gasteiger partial charge in [-0.15, -0.1) is 0 Å². The molecular formula is C36H50N2O2. The van der Waals surface area contributed by atoms with Crippen LogP contribution in [0.4, 0.5) is 0 Å². The van der Waals surface area contributed by atoms with Gasteiger partial charge in [0.05, 0.1) is 0 Å². The van der Waals surface area contributed by atoms with Crippen LogP contribution in [0.25, 0.3) is 22.5 Å². The summed E-state index contributed by atoms with van der Waals surface area (Å²) in [5.74, 6) is 0.699. The van der Waals surface area contributed by atoms with E-state index < -0.39 is 0 Å². The molecule has 0 radical (unpaired) electrons. The molecule has 0 N–H and O–H groups in total. The molecule has 1 atom stereocenters. The minimum absolute atomic E-state index is 0.0730. The number of carbonyl (C=O) groups is 1. The number of rotatable bonds is 19. The minimum atomic E-state index is -0.116. The highest BCUT2D eigenvalue weighted by Gasteiger charge is 2.11. The van der Waals surface area contributed by atoms with Crippen molar-refractivity contribution in [2.24, 2.45) is 0 Å². The average Bonchev–Trinajstić information content (AvgIpc) is 2.97. The van der Waals surface area contributed by atoms with Crippen molar-refractivity contribution in [3.63, 3.8) is 0 Å². The summed E-state index contributed by atoms with van der Waals surface area (Å²) < 4.78 is 5.65. The molecule has 40 heavy (non-hydrogen) atoms. The van der Waals surface area contributed by atoms with Crippen LogP contribution in [-0.2, 0) is 22.4 Å². The Morgan fingerprint density at radius 1 is 0.650 bits per heavy atom. The largest absolute Gasteiger partial charge is 0.462 e. The molecule has 0 aliphatic heterocycles. The van der Waals surface area contributed by atoms with E-state index >= 15 is 0 Å². The number of hydrogen-bond acceptors (Lipinski definition) is 4. The Bertz CT molecular complexity index is 1090. The molecule has 0 saturated carbocycles. The maximum absolute atomic E-state index is 12.2. The molecule has 0 spiro atoms. The van der Waals surface area contributed by atoms with Gasteiger partial charge in [0.2, 0.25) is 0 Å². The monoisotopic (exact) mass is 542 g/mol. The molecule has 0 aliphatic rings. The Kier molecular flexibility index (Phi) is 14.5. The zero-order valence-electron chi connectivity index (χ0n) is 25.2. The first-order chi connectivity index (χ1) is 19.6. The number of hydrogen-bond donors (Lipinski definition) is 0. The van der Waals surface area contributed by atoms with Gasteiger partial charge in [-0.05, 0) is 48.4 Å². The molecular weight excluding hydrogens is 492 g/mol. The number of ether oxygens (including phenoxy) is 1. The van der Waals surface area contributed by atoms with Gasteiger partial charge in [0, 0.05) is 30.8 Å². The number of esters is 1. The van der Waals surface area contributed by atoms with Gasteiger partial charge >= 0.3 is 5.97 Å². The molecule has 4 heteroatoms.